The van der Waals surface area contributed by atoms with Crippen molar-refractivity contribution in [1.29, 1.82) is 0 Å². The van der Waals surface area contributed by atoms with E-state index in [1.54, 1.807) is 0 Å². The van der Waals surface area contributed by atoms with E-state index in [1.807, 2.05) is 12.1 Å². The molecule has 110 valence electrons. The zero-order chi connectivity index (χ0) is 14.5. The summed E-state index contributed by atoms with van der Waals surface area (Å²) in [5, 5.41) is 8.95. The maximum Gasteiger partial charge on any atom is 0.307 e. The third-order valence-electron chi connectivity index (χ3n) is 3.70. The van der Waals surface area contributed by atoms with E-state index < -0.39 is 5.97 Å². The Hall–Kier alpha value is -1.55. The number of carboxylic acid groups (broad SMARTS) is 1. The molecule has 1 aromatic carbocycles. The number of rotatable bonds is 6. The van der Waals surface area contributed by atoms with Crippen LogP contribution in [-0.4, -0.2) is 42.2 Å². The van der Waals surface area contributed by atoms with Crippen molar-refractivity contribution in [2.45, 2.75) is 26.7 Å². The van der Waals surface area contributed by atoms with Crippen LogP contribution in [0.5, 0.6) is 5.75 Å². The van der Waals surface area contributed by atoms with Gasteiger partial charge in [-0.15, -0.1) is 0 Å². The van der Waals surface area contributed by atoms with E-state index in [4.69, 9.17) is 9.84 Å². The van der Waals surface area contributed by atoms with Gasteiger partial charge in [0.1, 0.15) is 5.75 Å². The first-order valence-electron chi connectivity index (χ1n) is 7.21. The Kier molecular flexibility index (Phi) is 5.01. The Labute approximate surface area is 120 Å². The second-order valence-corrected chi connectivity index (χ2v) is 5.65. The van der Waals surface area contributed by atoms with Crippen LogP contribution < -0.4 is 4.74 Å². The third kappa shape index (κ3) is 4.23. The van der Waals surface area contributed by atoms with E-state index in [0.717, 1.165) is 31.7 Å². The van der Waals surface area contributed by atoms with Crippen molar-refractivity contribution in [2.24, 2.45) is 5.92 Å². The summed E-state index contributed by atoms with van der Waals surface area (Å²) in [6.45, 7) is 7.29. The van der Waals surface area contributed by atoms with Crippen molar-refractivity contribution in [3.8, 4) is 5.75 Å². The van der Waals surface area contributed by atoms with E-state index >= 15 is 0 Å². The van der Waals surface area contributed by atoms with Crippen molar-refractivity contribution in [2.75, 3.05) is 26.2 Å². The molecule has 1 aliphatic heterocycles. The van der Waals surface area contributed by atoms with Crippen LogP contribution in [0.15, 0.2) is 18.2 Å². The number of carbonyl (C=O) groups is 1. The lowest BCUT2D eigenvalue weighted by Gasteiger charge is -2.15. The van der Waals surface area contributed by atoms with E-state index in [2.05, 4.69) is 24.8 Å². The molecule has 0 saturated carbocycles. The van der Waals surface area contributed by atoms with Crippen molar-refractivity contribution in [1.82, 2.24) is 4.90 Å². The summed E-state index contributed by atoms with van der Waals surface area (Å²) in [6.07, 6.45) is 1.70. The summed E-state index contributed by atoms with van der Waals surface area (Å²) in [5.74, 6) is 0.0710. The minimum atomic E-state index is -0.668. The number of hydrogen-bond acceptors (Lipinski definition) is 3. The summed E-state index contributed by atoms with van der Waals surface area (Å²) >= 11 is 0. The van der Waals surface area contributed by atoms with Gasteiger partial charge in [-0.3, -0.25) is 4.79 Å². The Balaban J connectivity index is 1.68. The molecule has 0 aliphatic carbocycles. The van der Waals surface area contributed by atoms with Crippen LogP contribution in [0.2, 0.25) is 0 Å². The predicted octanol–water partition coefficient (Wildman–Crippen LogP) is 2.48. The average Bonchev–Trinajstić information content (AvgIpc) is 2.82. The zero-order valence-electron chi connectivity index (χ0n) is 12.3. The first-order valence-corrected chi connectivity index (χ1v) is 7.21. The zero-order valence-corrected chi connectivity index (χ0v) is 12.3. The number of aliphatic carboxylic acids is 1. The molecule has 1 aliphatic rings. The number of carboxylic acids is 1. The van der Waals surface area contributed by atoms with Crippen LogP contribution in [0.25, 0.3) is 0 Å². The quantitative estimate of drug-likeness (QED) is 0.812. The molecule has 0 bridgehead atoms. The number of ether oxygens (including phenoxy) is 1. The number of nitrogens with zero attached hydrogens (tertiary/aromatic N) is 1. The third-order valence-corrected chi connectivity index (χ3v) is 3.70. The van der Waals surface area contributed by atoms with Crippen molar-refractivity contribution in [3.63, 3.8) is 0 Å². The van der Waals surface area contributed by atoms with Crippen LogP contribution in [0, 0.1) is 19.8 Å². The molecule has 20 heavy (non-hydrogen) atoms. The van der Waals surface area contributed by atoms with Gasteiger partial charge in [-0.1, -0.05) is 6.07 Å². The summed E-state index contributed by atoms with van der Waals surface area (Å²) in [4.78, 5) is 13.1. The van der Waals surface area contributed by atoms with Gasteiger partial charge >= 0.3 is 5.97 Å². The molecule has 0 spiro atoms. The highest BCUT2D eigenvalue weighted by molar-refractivity contribution is 5.70. The highest BCUT2D eigenvalue weighted by Crippen LogP contribution is 2.18. The molecule has 0 aromatic heterocycles. The van der Waals surface area contributed by atoms with E-state index in [9.17, 15) is 4.79 Å². The molecule has 1 saturated heterocycles. The first-order chi connectivity index (χ1) is 9.54. The fourth-order valence-corrected chi connectivity index (χ4v) is 2.73. The van der Waals surface area contributed by atoms with Crippen molar-refractivity contribution < 1.29 is 14.6 Å². The summed E-state index contributed by atoms with van der Waals surface area (Å²) < 4.78 is 5.76. The minimum absolute atomic E-state index is 0.185. The maximum atomic E-state index is 10.9. The molecule has 1 fully saturated rings. The molecule has 1 N–H and O–H groups in total. The van der Waals surface area contributed by atoms with Crippen molar-refractivity contribution in [3.05, 3.63) is 29.3 Å². The fourth-order valence-electron chi connectivity index (χ4n) is 2.73. The Morgan fingerprint density at radius 1 is 1.35 bits per heavy atom. The molecule has 0 radical (unpaired) electrons. The predicted molar refractivity (Wildman–Crippen MR) is 78.2 cm³/mol. The summed E-state index contributed by atoms with van der Waals surface area (Å²) in [7, 11) is 0. The van der Waals surface area contributed by atoms with Crippen LogP contribution in [0.1, 0.15) is 24.0 Å². The first kappa shape index (κ1) is 14.9. The molecule has 0 amide bonds. The molecule has 1 heterocycles. The summed E-state index contributed by atoms with van der Waals surface area (Å²) in [5.41, 5.74) is 2.42. The van der Waals surface area contributed by atoms with Gasteiger partial charge in [0.15, 0.2) is 0 Å². The second-order valence-electron chi connectivity index (χ2n) is 5.65. The average molecular weight is 277 g/mol. The molecule has 1 atom stereocenters. The highest BCUT2D eigenvalue weighted by Gasteiger charge is 2.27. The molecule has 4 nitrogen and oxygen atoms in total. The monoisotopic (exact) mass is 277 g/mol. The van der Waals surface area contributed by atoms with Gasteiger partial charge < -0.3 is 14.7 Å². The number of aryl methyl sites for hydroxylation is 2. The van der Waals surface area contributed by atoms with Gasteiger partial charge in [0.2, 0.25) is 0 Å². The summed E-state index contributed by atoms with van der Waals surface area (Å²) in [6, 6.07) is 6.22. The minimum Gasteiger partial charge on any atom is -0.494 e. The lowest BCUT2D eigenvalue weighted by atomic mass is 10.1. The van der Waals surface area contributed by atoms with Crippen LogP contribution in [-0.2, 0) is 4.79 Å². The largest absolute Gasteiger partial charge is 0.494 e. The van der Waals surface area contributed by atoms with Crippen LogP contribution >= 0.6 is 0 Å². The Morgan fingerprint density at radius 2 is 2.05 bits per heavy atom. The smallest absolute Gasteiger partial charge is 0.307 e. The van der Waals surface area contributed by atoms with Gasteiger partial charge in [0, 0.05) is 13.1 Å². The van der Waals surface area contributed by atoms with Gasteiger partial charge in [0.05, 0.1) is 12.5 Å². The molecular weight excluding hydrogens is 254 g/mol. The maximum absolute atomic E-state index is 10.9. The van der Waals surface area contributed by atoms with E-state index in [-0.39, 0.29) is 5.92 Å². The van der Waals surface area contributed by atoms with E-state index in [0.29, 0.717) is 13.2 Å². The molecule has 4 heteroatoms. The topological polar surface area (TPSA) is 49.8 Å². The molecule has 1 unspecified atom stereocenters. The second kappa shape index (κ2) is 6.75. The molecule has 1 aromatic rings. The number of benzene rings is 1. The lowest BCUT2D eigenvalue weighted by molar-refractivity contribution is -0.141. The Bertz CT molecular complexity index is 453. The normalized spacial score (nSPS) is 19.2. The van der Waals surface area contributed by atoms with Crippen molar-refractivity contribution >= 4 is 5.97 Å². The molecular formula is C16H23NO3. The van der Waals surface area contributed by atoms with Gasteiger partial charge in [0.25, 0.3) is 0 Å². The molecule has 2 rings (SSSR count). The highest BCUT2D eigenvalue weighted by atomic mass is 16.5. The Morgan fingerprint density at radius 3 is 2.65 bits per heavy atom. The van der Waals surface area contributed by atoms with Crippen LogP contribution in [0.4, 0.5) is 0 Å². The lowest BCUT2D eigenvalue weighted by Crippen LogP contribution is -2.25. The SMILES string of the molecule is Cc1cc(C)cc(OCCCN2CCC(C(=O)O)C2)c1. The number of hydrogen-bond donors (Lipinski definition) is 1. The standard InChI is InChI=1S/C16H23NO3/c1-12-8-13(2)10-15(9-12)20-7-3-5-17-6-4-14(11-17)16(18)19/h8-10,14H,3-7,11H2,1-2H3,(H,18,19). The number of likely N-dealkylation sites (tertiary alicyclic amines) is 1. The van der Waals surface area contributed by atoms with Gasteiger partial charge in [-0.05, 0) is 56.5 Å². The van der Waals surface area contributed by atoms with Gasteiger partial charge in [-0.25, -0.2) is 0 Å². The van der Waals surface area contributed by atoms with E-state index in [1.165, 1.54) is 11.1 Å². The van der Waals surface area contributed by atoms with Crippen LogP contribution in [0.3, 0.4) is 0 Å². The van der Waals surface area contributed by atoms with Gasteiger partial charge in [-0.2, -0.15) is 0 Å². The fraction of sp³-hybridized carbons (Fsp3) is 0.562.